The molecule has 0 amide bonds. The number of nitrogens with zero attached hydrogens (tertiary/aromatic N) is 1. The van der Waals surface area contributed by atoms with E-state index in [2.05, 4.69) is 4.98 Å². The van der Waals surface area contributed by atoms with E-state index < -0.39 is 72.0 Å². The summed E-state index contributed by atoms with van der Waals surface area (Å²) in [5.74, 6) is -2.17. The van der Waals surface area contributed by atoms with E-state index in [-0.39, 0.29) is 36.8 Å². The Bertz CT molecular complexity index is 1240. The lowest BCUT2D eigenvalue weighted by molar-refractivity contribution is -0.143. The topological polar surface area (TPSA) is 162 Å². The van der Waals surface area contributed by atoms with Gasteiger partial charge in [0.25, 0.3) is 5.56 Å². The number of hydrogen-bond donors (Lipinski definition) is 5. The minimum Gasteiger partial charge on any atom is -0.388 e. The Kier molecular flexibility index (Phi) is 8.51. The molecule has 1 fully saturated rings. The van der Waals surface area contributed by atoms with Gasteiger partial charge in [-0.05, 0) is 38.3 Å². The molecule has 0 bridgehead atoms. The molecule has 3 aliphatic rings. The largest absolute Gasteiger partial charge is 0.434 e. The Morgan fingerprint density at radius 1 is 1.13 bits per heavy atom. The number of hydrogen-bond acceptors (Lipinski definition) is 8. The standard InChI is InChI=1S/C23H31F4N2O8P/c1-5-21(4,37-38(34,35)22(33,6-2)7-3)10-14-15(30)16(31)17(36-14)12-8-11-9-13(24)18(23(25,26)27)28-19(11)29-20(12)32/h8-9,14-17,30-31,33H,5-7,10H2,1-4H3,(H,34,35)(H,28,29,32)/t14-,15?,16+,17+,21?/m1/s1. The highest BCUT2D eigenvalue weighted by atomic mass is 31.2. The zero-order valence-corrected chi connectivity index (χ0v) is 22.0. The summed E-state index contributed by atoms with van der Waals surface area (Å²) in [4.78, 5) is 28.4. The summed E-state index contributed by atoms with van der Waals surface area (Å²) < 4.78 is 77.2. The molecular weight excluding hydrogens is 539 g/mol. The number of aromatic amines is 1. The van der Waals surface area contributed by atoms with Crippen LogP contribution < -0.4 is 5.56 Å². The molecule has 3 rings (SSSR count). The van der Waals surface area contributed by atoms with Crippen LogP contribution in [0.15, 0.2) is 16.9 Å². The normalized spacial score (nSPS) is 25.9. The van der Waals surface area contributed by atoms with Gasteiger partial charge >= 0.3 is 13.8 Å². The van der Waals surface area contributed by atoms with Crippen LogP contribution in [0.2, 0.25) is 0 Å². The quantitative estimate of drug-likeness (QED) is 0.225. The van der Waals surface area contributed by atoms with Crippen LogP contribution in [-0.4, -0.2) is 59.4 Å². The molecule has 3 unspecified atom stereocenters. The average Bonchev–Trinajstić information content (AvgIpc) is 3.09. The van der Waals surface area contributed by atoms with Gasteiger partial charge < -0.3 is 34.5 Å². The number of H-pyrrole nitrogens is 1. The van der Waals surface area contributed by atoms with Crippen LogP contribution in [0.4, 0.5) is 17.6 Å². The van der Waals surface area contributed by atoms with Crippen molar-refractivity contribution >= 4 is 7.60 Å². The second kappa shape index (κ2) is 10.6. The van der Waals surface area contributed by atoms with Crippen LogP contribution in [0, 0.1) is 5.82 Å². The zero-order chi connectivity index (χ0) is 28.8. The summed E-state index contributed by atoms with van der Waals surface area (Å²) in [6.45, 7) is 6.14. The molecule has 0 aromatic heterocycles. The van der Waals surface area contributed by atoms with E-state index in [4.69, 9.17) is 9.26 Å². The lowest BCUT2D eigenvalue weighted by Gasteiger charge is -2.38. The molecule has 0 saturated carbocycles. The molecule has 0 spiro atoms. The number of fused-ring (bicyclic) bond motifs is 1. The lowest BCUT2D eigenvalue weighted by Crippen LogP contribution is -2.40. The van der Waals surface area contributed by atoms with E-state index in [1.807, 2.05) is 0 Å². The Morgan fingerprint density at radius 2 is 1.74 bits per heavy atom. The van der Waals surface area contributed by atoms with Crippen molar-refractivity contribution in [3.8, 4) is 11.4 Å². The van der Waals surface area contributed by atoms with Gasteiger partial charge in [0, 0.05) is 12.0 Å². The summed E-state index contributed by atoms with van der Waals surface area (Å²) in [7, 11) is -4.60. The predicted molar refractivity (Wildman–Crippen MR) is 126 cm³/mol. The highest BCUT2D eigenvalue weighted by molar-refractivity contribution is 7.54. The van der Waals surface area contributed by atoms with E-state index in [9.17, 15) is 47.1 Å². The lowest BCUT2D eigenvalue weighted by atomic mass is 9.92. The van der Waals surface area contributed by atoms with Crippen LogP contribution in [-0.2, 0) is 20.0 Å². The number of pyridine rings is 2. The van der Waals surface area contributed by atoms with Gasteiger partial charge in [0.1, 0.15) is 24.1 Å². The molecule has 5 N–H and O–H groups in total. The van der Waals surface area contributed by atoms with Crippen molar-refractivity contribution in [2.45, 2.75) is 94.9 Å². The summed E-state index contributed by atoms with van der Waals surface area (Å²) >= 11 is 0. The fraction of sp³-hybridized carbons (Fsp3) is 0.652. The molecule has 1 saturated heterocycles. The highest BCUT2D eigenvalue weighted by Crippen LogP contribution is 2.60. The van der Waals surface area contributed by atoms with Crippen molar-refractivity contribution in [3.05, 3.63) is 39.6 Å². The van der Waals surface area contributed by atoms with Crippen LogP contribution in [0.3, 0.4) is 0 Å². The van der Waals surface area contributed by atoms with Crippen molar-refractivity contribution in [1.29, 1.82) is 0 Å². The number of aliphatic hydroxyl groups is 3. The summed E-state index contributed by atoms with van der Waals surface area (Å²) in [6, 6.07) is 1.54. The number of rotatable bonds is 9. The predicted octanol–water partition coefficient (Wildman–Crippen LogP) is 3.46. The van der Waals surface area contributed by atoms with E-state index >= 15 is 0 Å². The minimum atomic E-state index is -5.06. The first-order valence-corrected chi connectivity index (χ1v) is 13.6. The molecule has 38 heavy (non-hydrogen) atoms. The molecule has 3 heterocycles. The highest BCUT2D eigenvalue weighted by Gasteiger charge is 2.52. The summed E-state index contributed by atoms with van der Waals surface area (Å²) in [5.41, 5.74) is -4.75. The maximum atomic E-state index is 14.1. The van der Waals surface area contributed by atoms with Gasteiger partial charge in [-0.15, -0.1) is 0 Å². The third-order valence-electron chi connectivity index (χ3n) is 7.15. The first-order valence-electron chi connectivity index (χ1n) is 12.0. The van der Waals surface area contributed by atoms with Gasteiger partial charge in [-0.25, -0.2) is 4.39 Å². The fourth-order valence-electron chi connectivity index (χ4n) is 4.41. The molecule has 0 radical (unpaired) electrons. The first kappa shape index (κ1) is 30.6. The van der Waals surface area contributed by atoms with Gasteiger partial charge in [-0.2, -0.15) is 18.2 Å². The van der Waals surface area contributed by atoms with Gasteiger partial charge in [0.2, 0.25) is 0 Å². The Morgan fingerprint density at radius 3 is 2.26 bits per heavy atom. The van der Waals surface area contributed by atoms with Gasteiger partial charge in [-0.3, -0.25) is 9.36 Å². The first-order chi connectivity index (χ1) is 17.4. The third-order valence-corrected chi connectivity index (χ3v) is 9.52. The van der Waals surface area contributed by atoms with Crippen molar-refractivity contribution < 1.29 is 51.6 Å². The molecule has 6 atom stereocenters. The fourth-order valence-corrected chi connectivity index (χ4v) is 6.19. The number of nitrogens with one attached hydrogen (secondary N) is 1. The summed E-state index contributed by atoms with van der Waals surface area (Å²) in [5, 5.41) is 29.8. The van der Waals surface area contributed by atoms with Crippen LogP contribution >= 0.6 is 7.60 Å². The number of alkyl halides is 3. The third kappa shape index (κ3) is 5.67. The molecule has 214 valence electrons. The van der Waals surface area contributed by atoms with Gasteiger partial charge in [0.15, 0.2) is 16.9 Å². The van der Waals surface area contributed by atoms with Crippen molar-refractivity contribution in [3.63, 3.8) is 0 Å². The molecule has 0 aliphatic carbocycles. The maximum absolute atomic E-state index is 14.1. The molecule has 3 aliphatic heterocycles. The monoisotopic (exact) mass is 570 g/mol. The number of halogens is 4. The Balaban J connectivity index is 1.91. The van der Waals surface area contributed by atoms with Crippen LogP contribution in [0.25, 0.3) is 11.4 Å². The molecule has 0 aromatic carbocycles. The van der Waals surface area contributed by atoms with Gasteiger partial charge in [-0.1, -0.05) is 20.8 Å². The van der Waals surface area contributed by atoms with Crippen molar-refractivity contribution in [2.24, 2.45) is 0 Å². The van der Waals surface area contributed by atoms with E-state index in [0.717, 1.165) is 6.07 Å². The van der Waals surface area contributed by atoms with E-state index in [1.54, 1.807) is 11.9 Å². The molecular formula is C23H31F4N2O8P. The minimum absolute atomic E-state index is 0.0653. The van der Waals surface area contributed by atoms with E-state index in [0.29, 0.717) is 6.07 Å². The van der Waals surface area contributed by atoms with Crippen molar-refractivity contribution in [1.82, 2.24) is 9.97 Å². The van der Waals surface area contributed by atoms with Crippen molar-refractivity contribution in [2.75, 3.05) is 0 Å². The second-order valence-electron chi connectivity index (χ2n) is 9.70. The second-order valence-corrected chi connectivity index (χ2v) is 11.8. The number of aromatic nitrogens is 2. The van der Waals surface area contributed by atoms with Crippen LogP contribution in [0.1, 0.15) is 70.7 Å². The maximum Gasteiger partial charge on any atom is 0.434 e. The zero-order valence-electron chi connectivity index (χ0n) is 21.1. The number of ether oxygens (including phenoxy) is 1. The smallest absolute Gasteiger partial charge is 0.388 e. The SMILES string of the molecule is CCC(C)(C[C@H]1O[C@@H](c2cc3cc(F)c(C(F)(F)F)[nH]c-3nc2=O)[C@@H](O)C1O)OP(=O)(O)C(O)(CC)CC. The van der Waals surface area contributed by atoms with Gasteiger partial charge in [0.05, 0.1) is 17.3 Å². The molecule has 10 nitrogen and oxygen atoms in total. The molecule has 0 aromatic rings. The van der Waals surface area contributed by atoms with Crippen LogP contribution in [0.5, 0.6) is 0 Å². The average molecular weight is 570 g/mol. The molecule has 15 heteroatoms. The van der Waals surface area contributed by atoms with E-state index in [1.165, 1.54) is 20.8 Å². The Labute approximate surface area is 215 Å². The number of aliphatic hydroxyl groups excluding tert-OH is 2. The summed E-state index contributed by atoms with van der Waals surface area (Å²) in [6.07, 6.45) is -11.3. The Hall–Kier alpha value is -1.93.